The molecule has 0 atom stereocenters. The second kappa shape index (κ2) is 5.59. The third-order valence-corrected chi connectivity index (χ3v) is 3.77. The summed E-state index contributed by atoms with van der Waals surface area (Å²) in [4.78, 5) is 6.33. The molecule has 1 heterocycles. The van der Waals surface area contributed by atoms with Crippen molar-refractivity contribution in [2.24, 2.45) is 0 Å². The molecule has 18 heavy (non-hydrogen) atoms. The number of benzene rings is 1. The van der Waals surface area contributed by atoms with Crippen molar-refractivity contribution in [2.75, 3.05) is 24.3 Å². The third-order valence-electron chi connectivity index (χ3n) is 2.66. The van der Waals surface area contributed by atoms with Gasteiger partial charge in [-0.3, -0.25) is 0 Å². The molecule has 0 amide bonds. The van der Waals surface area contributed by atoms with E-state index in [1.54, 1.807) is 6.20 Å². The van der Waals surface area contributed by atoms with Gasteiger partial charge in [-0.25, -0.2) is 4.98 Å². The second-order valence-electron chi connectivity index (χ2n) is 4.31. The van der Waals surface area contributed by atoms with Gasteiger partial charge in [0.25, 0.3) is 0 Å². The highest BCUT2D eigenvalue weighted by atomic mass is 35.5. The van der Waals surface area contributed by atoms with Crippen LogP contribution in [-0.4, -0.2) is 19.1 Å². The van der Waals surface area contributed by atoms with E-state index in [9.17, 15) is 0 Å². The number of hydrogen-bond donors (Lipinski definition) is 1. The molecule has 1 N–H and O–H groups in total. The number of aromatic nitrogens is 1. The Morgan fingerprint density at radius 3 is 2.78 bits per heavy atom. The van der Waals surface area contributed by atoms with E-state index in [2.05, 4.69) is 40.3 Å². The smallest absolute Gasteiger partial charge is 0.113 e. The molecule has 0 bridgehead atoms. The second-order valence-corrected chi connectivity index (χ2v) is 6.05. The fraction of sp³-hybridized carbons (Fsp3) is 0.308. The van der Waals surface area contributed by atoms with Gasteiger partial charge in [-0.1, -0.05) is 17.7 Å². The summed E-state index contributed by atoms with van der Waals surface area (Å²) in [5.74, 6) is 0. The zero-order valence-electron chi connectivity index (χ0n) is 10.7. The summed E-state index contributed by atoms with van der Waals surface area (Å²) in [7, 11) is 4.10. The molecule has 3 nitrogen and oxygen atoms in total. The lowest BCUT2D eigenvalue weighted by atomic mass is 10.1. The first kappa shape index (κ1) is 13.2. The van der Waals surface area contributed by atoms with Crippen LogP contribution in [0.25, 0.3) is 0 Å². The molecular formula is C13H16ClN3S. The molecule has 0 unspecified atom stereocenters. The molecule has 5 heteroatoms. The minimum atomic E-state index is 0.702. The van der Waals surface area contributed by atoms with Crippen LogP contribution in [0.15, 0.2) is 24.4 Å². The molecule has 1 aromatic carbocycles. The quantitative estimate of drug-likeness (QED) is 0.924. The van der Waals surface area contributed by atoms with Gasteiger partial charge < -0.3 is 10.2 Å². The van der Waals surface area contributed by atoms with Crippen molar-refractivity contribution in [2.45, 2.75) is 13.5 Å². The lowest BCUT2D eigenvalue weighted by Crippen LogP contribution is -2.10. The number of rotatable bonds is 4. The monoisotopic (exact) mass is 281 g/mol. The predicted octanol–water partition coefficient (Wildman–Crippen LogP) is 3.78. The summed E-state index contributed by atoms with van der Waals surface area (Å²) >= 11 is 7.35. The topological polar surface area (TPSA) is 28.2 Å². The number of nitrogens with zero attached hydrogens (tertiary/aromatic N) is 2. The summed E-state index contributed by atoms with van der Waals surface area (Å²) < 4.78 is 0.727. The molecule has 0 aliphatic carbocycles. The third kappa shape index (κ3) is 3.15. The van der Waals surface area contributed by atoms with Crippen molar-refractivity contribution in [3.63, 3.8) is 0 Å². The average Bonchev–Trinajstić information content (AvgIpc) is 2.74. The summed E-state index contributed by atoms with van der Waals surface area (Å²) in [6.45, 7) is 2.81. The normalized spacial score (nSPS) is 10.4. The van der Waals surface area contributed by atoms with Gasteiger partial charge in [-0.2, -0.15) is 0 Å². The molecule has 0 saturated carbocycles. The fourth-order valence-electron chi connectivity index (χ4n) is 1.75. The first-order valence-corrected chi connectivity index (χ1v) is 6.88. The molecule has 0 aliphatic rings. The molecule has 96 valence electrons. The van der Waals surface area contributed by atoms with Crippen LogP contribution in [0, 0.1) is 6.92 Å². The van der Waals surface area contributed by atoms with E-state index in [1.807, 2.05) is 14.1 Å². The van der Waals surface area contributed by atoms with E-state index in [4.69, 9.17) is 11.6 Å². The van der Waals surface area contributed by atoms with E-state index in [0.717, 1.165) is 15.0 Å². The minimum Gasteiger partial charge on any atom is -0.378 e. The summed E-state index contributed by atoms with van der Waals surface area (Å²) in [6.07, 6.45) is 1.68. The Kier molecular flexibility index (Phi) is 4.09. The summed E-state index contributed by atoms with van der Waals surface area (Å²) in [5, 5.41) is 4.35. The standard InChI is InChI=1S/C13H16ClN3S/c1-9-4-5-10(6-11(9)17(2)3)15-8-13-16-7-12(14)18-13/h4-7,15H,8H2,1-3H3. The highest BCUT2D eigenvalue weighted by Gasteiger charge is 2.03. The van der Waals surface area contributed by atoms with Crippen LogP contribution in [0.2, 0.25) is 4.34 Å². The lowest BCUT2D eigenvalue weighted by molar-refractivity contribution is 1.09. The Balaban J connectivity index is 2.08. The number of halogens is 1. The van der Waals surface area contributed by atoms with Crippen LogP contribution in [-0.2, 0) is 6.54 Å². The maximum Gasteiger partial charge on any atom is 0.113 e. The Hall–Kier alpha value is -1.26. The molecule has 0 radical (unpaired) electrons. The number of nitrogens with one attached hydrogen (secondary N) is 1. The number of anilines is 2. The van der Waals surface area contributed by atoms with Crippen LogP contribution in [0.5, 0.6) is 0 Å². The van der Waals surface area contributed by atoms with Crippen molar-refractivity contribution in [3.8, 4) is 0 Å². The van der Waals surface area contributed by atoms with E-state index in [-0.39, 0.29) is 0 Å². The Bertz CT molecular complexity index is 537. The maximum atomic E-state index is 5.85. The zero-order chi connectivity index (χ0) is 13.1. The van der Waals surface area contributed by atoms with Gasteiger partial charge >= 0.3 is 0 Å². The van der Waals surface area contributed by atoms with Gasteiger partial charge in [0.05, 0.1) is 12.7 Å². The van der Waals surface area contributed by atoms with Gasteiger partial charge in [-0.15, -0.1) is 11.3 Å². The Morgan fingerprint density at radius 1 is 1.39 bits per heavy atom. The summed E-state index contributed by atoms with van der Waals surface area (Å²) in [5.41, 5.74) is 3.58. The highest BCUT2D eigenvalue weighted by Crippen LogP contribution is 2.24. The van der Waals surface area contributed by atoms with Crippen molar-refractivity contribution in [1.82, 2.24) is 4.98 Å². The molecule has 1 aromatic heterocycles. The summed E-state index contributed by atoms with van der Waals surface area (Å²) in [6, 6.07) is 6.34. The first-order valence-electron chi connectivity index (χ1n) is 5.68. The lowest BCUT2D eigenvalue weighted by Gasteiger charge is -2.17. The molecule has 0 aliphatic heterocycles. The van der Waals surface area contributed by atoms with Crippen LogP contribution in [0.3, 0.4) is 0 Å². The fourth-order valence-corrected chi connectivity index (χ4v) is 2.64. The molecule has 2 aromatic rings. The molecule has 2 rings (SSSR count). The molecule has 0 fully saturated rings. The van der Waals surface area contributed by atoms with Gasteiger partial charge in [0.1, 0.15) is 9.34 Å². The van der Waals surface area contributed by atoms with E-state index in [0.29, 0.717) is 6.54 Å². The molecule has 0 saturated heterocycles. The number of thiazole rings is 1. The Morgan fingerprint density at radius 2 is 2.17 bits per heavy atom. The average molecular weight is 282 g/mol. The van der Waals surface area contributed by atoms with Crippen molar-refractivity contribution in [3.05, 3.63) is 39.3 Å². The zero-order valence-corrected chi connectivity index (χ0v) is 12.3. The number of hydrogen-bond acceptors (Lipinski definition) is 4. The van der Waals surface area contributed by atoms with Gasteiger partial charge in [0.2, 0.25) is 0 Å². The van der Waals surface area contributed by atoms with Gasteiger partial charge in [-0.05, 0) is 24.6 Å². The van der Waals surface area contributed by atoms with Gasteiger partial charge in [0, 0.05) is 25.5 Å². The SMILES string of the molecule is Cc1ccc(NCc2ncc(Cl)s2)cc1N(C)C. The van der Waals surface area contributed by atoms with Crippen LogP contribution >= 0.6 is 22.9 Å². The van der Waals surface area contributed by atoms with E-state index < -0.39 is 0 Å². The Labute approximate surface area is 116 Å². The number of aryl methyl sites for hydroxylation is 1. The van der Waals surface area contributed by atoms with E-state index in [1.165, 1.54) is 22.6 Å². The predicted molar refractivity (Wildman–Crippen MR) is 80.0 cm³/mol. The van der Waals surface area contributed by atoms with Crippen LogP contribution in [0.1, 0.15) is 10.6 Å². The van der Waals surface area contributed by atoms with Crippen molar-refractivity contribution < 1.29 is 0 Å². The largest absolute Gasteiger partial charge is 0.378 e. The van der Waals surface area contributed by atoms with Gasteiger partial charge in [0.15, 0.2) is 0 Å². The first-order chi connectivity index (χ1) is 8.56. The van der Waals surface area contributed by atoms with Crippen LogP contribution in [0.4, 0.5) is 11.4 Å². The van der Waals surface area contributed by atoms with Crippen molar-refractivity contribution in [1.29, 1.82) is 0 Å². The van der Waals surface area contributed by atoms with E-state index >= 15 is 0 Å². The van der Waals surface area contributed by atoms with Crippen LogP contribution < -0.4 is 10.2 Å². The molecular weight excluding hydrogens is 266 g/mol. The highest BCUT2D eigenvalue weighted by molar-refractivity contribution is 7.15. The minimum absolute atomic E-state index is 0.702. The maximum absolute atomic E-state index is 5.85. The van der Waals surface area contributed by atoms with Crippen molar-refractivity contribution >= 4 is 34.3 Å². The molecule has 0 spiro atoms.